The molecule has 0 aliphatic carbocycles. The van der Waals surface area contributed by atoms with Gasteiger partial charge in [-0.05, 0) is 36.2 Å². The summed E-state index contributed by atoms with van der Waals surface area (Å²) in [5, 5.41) is 5.56. The fraction of sp³-hybridized carbons (Fsp3) is 0.364. The zero-order valence-corrected chi connectivity index (χ0v) is 17.1. The van der Waals surface area contributed by atoms with Crippen LogP contribution in [0.15, 0.2) is 53.6 Å². The first-order valence-electron chi connectivity index (χ1n) is 10.2. The monoisotopic (exact) mass is 409 g/mol. The summed E-state index contributed by atoms with van der Waals surface area (Å²) >= 11 is 0. The normalized spacial score (nSPS) is 10.8. The molecule has 0 bridgehead atoms. The van der Waals surface area contributed by atoms with Gasteiger partial charge in [0, 0.05) is 51.4 Å². The van der Waals surface area contributed by atoms with Crippen molar-refractivity contribution in [1.82, 2.24) is 24.8 Å². The molecule has 8 nitrogen and oxygen atoms in total. The molecule has 158 valence electrons. The predicted octanol–water partition coefficient (Wildman–Crippen LogP) is 1.82. The van der Waals surface area contributed by atoms with Crippen molar-refractivity contribution < 1.29 is 9.59 Å². The van der Waals surface area contributed by atoms with Gasteiger partial charge < -0.3 is 10.6 Å². The minimum Gasteiger partial charge on any atom is -0.356 e. The van der Waals surface area contributed by atoms with Crippen LogP contribution in [0, 0.1) is 0 Å². The maximum Gasteiger partial charge on any atom is 0.329 e. The van der Waals surface area contributed by atoms with Crippen molar-refractivity contribution in [2.75, 3.05) is 6.54 Å². The Labute approximate surface area is 174 Å². The van der Waals surface area contributed by atoms with E-state index in [9.17, 15) is 14.4 Å². The molecule has 8 heteroatoms. The molecule has 2 aromatic heterocycles. The zero-order chi connectivity index (χ0) is 21.3. The van der Waals surface area contributed by atoms with Crippen LogP contribution >= 0.6 is 0 Å². The van der Waals surface area contributed by atoms with Crippen molar-refractivity contribution in [1.29, 1.82) is 0 Å². The smallest absolute Gasteiger partial charge is 0.329 e. The van der Waals surface area contributed by atoms with Gasteiger partial charge in [-0.15, -0.1) is 0 Å². The highest BCUT2D eigenvalue weighted by molar-refractivity contribution is 5.79. The lowest BCUT2D eigenvalue weighted by Crippen LogP contribution is -2.32. The Morgan fingerprint density at radius 3 is 2.20 bits per heavy atom. The summed E-state index contributed by atoms with van der Waals surface area (Å²) in [4.78, 5) is 40.7. The fourth-order valence-corrected chi connectivity index (χ4v) is 3.34. The maximum absolute atomic E-state index is 12.7. The molecule has 0 saturated heterocycles. The number of carbonyl (C=O) groups is 2. The lowest BCUT2D eigenvalue weighted by atomic mass is 10.2. The van der Waals surface area contributed by atoms with E-state index in [1.807, 2.05) is 43.3 Å². The summed E-state index contributed by atoms with van der Waals surface area (Å²) in [5.74, 6) is -0.317. The van der Waals surface area contributed by atoms with Crippen LogP contribution < -0.4 is 16.3 Å². The number of rotatable bonds is 10. The first-order valence-corrected chi connectivity index (χ1v) is 10.2. The van der Waals surface area contributed by atoms with Crippen LogP contribution in [0.3, 0.4) is 0 Å². The van der Waals surface area contributed by atoms with Crippen LogP contribution in [0.2, 0.25) is 0 Å². The number of pyridine rings is 1. The molecule has 3 aromatic rings. The van der Waals surface area contributed by atoms with Crippen LogP contribution in [-0.4, -0.2) is 32.5 Å². The molecule has 0 radical (unpaired) electrons. The van der Waals surface area contributed by atoms with Gasteiger partial charge in [0.05, 0.1) is 11.0 Å². The van der Waals surface area contributed by atoms with Crippen molar-refractivity contribution in [2.45, 2.75) is 45.8 Å². The van der Waals surface area contributed by atoms with E-state index < -0.39 is 0 Å². The highest BCUT2D eigenvalue weighted by Gasteiger charge is 2.13. The number of benzene rings is 1. The number of fused-ring (bicyclic) bond motifs is 1. The van der Waals surface area contributed by atoms with Gasteiger partial charge in [0.1, 0.15) is 0 Å². The Balaban J connectivity index is 1.46. The molecule has 3 rings (SSSR count). The molecule has 0 unspecified atom stereocenters. The van der Waals surface area contributed by atoms with Crippen molar-refractivity contribution in [2.24, 2.45) is 0 Å². The van der Waals surface area contributed by atoms with Crippen molar-refractivity contribution in [3.8, 4) is 0 Å². The summed E-state index contributed by atoms with van der Waals surface area (Å²) in [7, 11) is 0. The number of aromatic nitrogens is 3. The van der Waals surface area contributed by atoms with Crippen molar-refractivity contribution >= 4 is 22.8 Å². The Bertz CT molecular complexity index is 1060. The van der Waals surface area contributed by atoms with Crippen LogP contribution in [0.25, 0.3) is 11.0 Å². The fourth-order valence-electron chi connectivity index (χ4n) is 3.34. The highest BCUT2D eigenvalue weighted by Crippen LogP contribution is 2.13. The summed E-state index contributed by atoms with van der Waals surface area (Å²) < 4.78 is 3.40. The van der Waals surface area contributed by atoms with Gasteiger partial charge in [-0.2, -0.15) is 0 Å². The van der Waals surface area contributed by atoms with Crippen molar-refractivity contribution in [3.63, 3.8) is 0 Å². The minimum absolute atomic E-state index is 0.0960. The third-order valence-corrected chi connectivity index (χ3v) is 4.85. The van der Waals surface area contributed by atoms with E-state index in [0.29, 0.717) is 19.6 Å². The van der Waals surface area contributed by atoms with Gasteiger partial charge in [0.15, 0.2) is 0 Å². The Morgan fingerprint density at radius 1 is 0.900 bits per heavy atom. The number of nitrogens with zero attached hydrogens (tertiary/aromatic N) is 3. The van der Waals surface area contributed by atoms with E-state index in [1.54, 1.807) is 21.5 Å². The molecule has 0 spiro atoms. The molecule has 0 aliphatic heterocycles. The van der Waals surface area contributed by atoms with Crippen LogP contribution in [0.1, 0.15) is 31.7 Å². The number of hydrogen-bond acceptors (Lipinski definition) is 4. The second kappa shape index (κ2) is 10.4. The molecule has 0 fully saturated rings. The number of carbonyl (C=O) groups excluding carboxylic acids is 2. The number of hydrogen-bond donors (Lipinski definition) is 2. The van der Waals surface area contributed by atoms with E-state index in [4.69, 9.17) is 0 Å². The number of nitrogens with one attached hydrogen (secondary N) is 2. The summed E-state index contributed by atoms with van der Waals surface area (Å²) in [6.45, 7) is 3.66. The molecular formula is C22H27N5O3. The highest BCUT2D eigenvalue weighted by atomic mass is 16.2. The average Bonchev–Trinajstić information content (AvgIpc) is 3.03. The second-order valence-corrected chi connectivity index (χ2v) is 7.06. The Hall–Kier alpha value is -3.42. The lowest BCUT2D eigenvalue weighted by molar-refractivity contribution is -0.122. The van der Waals surface area contributed by atoms with E-state index >= 15 is 0 Å². The van der Waals surface area contributed by atoms with Crippen LogP contribution in [0.4, 0.5) is 0 Å². The molecule has 0 saturated carbocycles. The summed E-state index contributed by atoms with van der Waals surface area (Å²) in [6, 6.07) is 11.3. The number of imidazole rings is 1. The average molecular weight is 409 g/mol. The number of aryl methyl sites for hydroxylation is 2. The van der Waals surface area contributed by atoms with E-state index in [-0.39, 0.29) is 36.9 Å². The maximum atomic E-state index is 12.7. The Kier molecular flexibility index (Phi) is 7.37. The zero-order valence-electron chi connectivity index (χ0n) is 17.1. The standard InChI is InChI=1S/C22H27N5O3/c1-2-14-26-18-5-3-4-6-19(18)27(22(26)30)15-10-21(29)24-13-9-20(28)25-16-17-7-11-23-12-8-17/h3-8,11-12H,2,9-10,13-16H2,1H3,(H,24,29)(H,25,28). The van der Waals surface area contributed by atoms with Gasteiger partial charge in [0.25, 0.3) is 0 Å². The third-order valence-electron chi connectivity index (χ3n) is 4.85. The molecule has 2 N–H and O–H groups in total. The van der Waals surface area contributed by atoms with Gasteiger partial charge in [-0.3, -0.25) is 23.7 Å². The molecule has 30 heavy (non-hydrogen) atoms. The molecule has 0 aliphatic rings. The molecule has 1 aromatic carbocycles. The summed E-state index contributed by atoms with van der Waals surface area (Å²) in [5.41, 5.74) is 2.59. The predicted molar refractivity (Wildman–Crippen MR) is 115 cm³/mol. The summed E-state index contributed by atoms with van der Waals surface area (Å²) in [6.07, 6.45) is 4.59. The molecule has 2 heterocycles. The van der Waals surface area contributed by atoms with Crippen molar-refractivity contribution in [3.05, 3.63) is 64.8 Å². The Morgan fingerprint density at radius 2 is 1.53 bits per heavy atom. The number of amides is 2. The lowest BCUT2D eigenvalue weighted by Gasteiger charge is -2.07. The first-order chi connectivity index (χ1) is 14.6. The number of para-hydroxylation sites is 2. The third kappa shape index (κ3) is 5.34. The minimum atomic E-state index is -0.184. The SMILES string of the molecule is CCCn1c(=O)n(CCC(=O)NCCC(=O)NCc2ccncc2)c2ccccc21. The van der Waals surface area contributed by atoms with Gasteiger partial charge >= 0.3 is 5.69 Å². The largest absolute Gasteiger partial charge is 0.356 e. The van der Waals surface area contributed by atoms with E-state index in [2.05, 4.69) is 15.6 Å². The van der Waals surface area contributed by atoms with Crippen LogP contribution in [-0.2, 0) is 29.2 Å². The van der Waals surface area contributed by atoms with Gasteiger partial charge in [-0.25, -0.2) is 4.79 Å². The first kappa shape index (κ1) is 21.3. The van der Waals surface area contributed by atoms with Gasteiger partial charge in [0.2, 0.25) is 11.8 Å². The van der Waals surface area contributed by atoms with E-state index in [0.717, 1.165) is 23.0 Å². The molecular weight excluding hydrogens is 382 g/mol. The molecule has 0 atom stereocenters. The van der Waals surface area contributed by atoms with E-state index in [1.165, 1.54) is 0 Å². The quantitative estimate of drug-likeness (QED) is 0.534. The second-order valence-electron chi connectivity index (χ2n) is 7.06. The molecule has 2 amide bonds. The topological polar surface area (TPSA) is 98.0 Å². The van der Waals surface area contributed by atoms with Crippen LogP contribution in [0.5, 0.6) is 0 Å². The van der Waals surface area contributed by atoms with Gasteiger partial charge in [-0.1, -0.05) is 19.1 Å².